The van der Waals surface area contributed by atoms with E-state index in [9.17, 15) is 23.1 Å². The first-order valence-electron chi connectivity index (χ1n) is 9.56. The lowest BCUT2D eigenvalue weighted by Gasteiger charge is -2.28. The number of aromatic nitrogens is 3. The fraction of sp³-hybridized carbons (Fsp3) is 0.474. The SMILES string of the molecule is N#CC[C@]1(O)CCC(F)(F)c2c3c(nn2C1)CCN(C(=O)Nc1ccnc(Br)c1F)C3. The summed E-state index contributed by atoms with van der Waals surface area (Å²) in [5.74, 6) is -4.02. The van der Waals surface area contributed by atoms with Gasteiger partial charge in [-0.3, -0.25) is 4.68 Å². The number of pyridine rings is 1. The van der Waals surface area contributed by atoms with E-state index < -0.39 is 29.8 Å². The zero-order valence-corrected chi connectivity index (χ0v) is 17.8. The molecule has 8 nitrogen and oxygen atoms in total. The van der Waals surface area contributed by atoms with Crippen molar-refractivity contribution in [2.45, 2.75) is 50.3 Å². The van der Waals surface area contributed by atoms with Gasteiger partial charge in [0.2, 0.25) is 0 Å². The van der Waals surface area contributed by atoms with Crippen LogP contribution in [0.25, 0.3) is 0 Å². The normalized spacial score (nSPS) is 22.1. The first-order valence-corrected chi connectivity index (χ1v) is 10.3. The van der Waals surface area contributed by atoms with Gasteiger partial charge < -0.3 is 15.3 Å². The smallest absolute Gasteiger partial charge is 0.322 e. The molecule has 0 saturated heterocycles. The Balaban J connectivity index is 1.61. The molecule has 4 heterocycles. The molecule has 2 N–H and O–H groups in total. The largest absolute Gasteiger partial charge is 0.387 e. The van der Waals surface area contributed by atoms with Crippen LogP contribution in [0.3, 0.4) is 0 Å². The second-order valence-corrected chi connectivity index (χ2v) is 8.51. The highest BCUT2D eigenvalue weighted by Gasteiger charge is 2.47. The third kappa shape index (κ3) is 3.99. The number of urea groups is 1. The van der Waals surface area contributed by atoms with Crippen molar-refractivity contribution in [1.29, 1.82) is 5.26 Å². The molecular formula is C19H18BrF3N6O2. The summed E-state index contributed by atoms with van der Waals surface area (Å²) in [6.07, 6.45) is 0.391. The van der Waals surface area contributed by atoms with Crippen molar-refractivity contribution in [3.05, 3.63) is 39.6 Å². The Labute approximate surface area is 183 Å². The van der Waals surface area contributed by atoms with Gasteiger partial charge in [-0.05, 0) is 28.4 Å². The highest BCUT2D eigenvalue weighted by Crippen LogP contribution is 2.43. The molecule has 164 valence electrons. The van der Waals surface area contributed by atoms with Crippen LogP contribution in [0.1, 0.15) is 36.2 Å². The maximum atomic E-state index is 15.0. The molecule has 4 rings (SSSR count). The Morgan fingerprint density at radius 2 is 2.19 bits per heavy atom. The second-order valence-electron chi connectivity index (χ2n) is 7.76. The van der Waals surface area contributed by atoms with Gasteiger partial charge in [0, 0.05) is 31.1 Å². The molecular weight excluding hydrogens is 481 g/mol. The number of alkyl halides is 2. The Morgan fingerprint density at radius 3 is 2.94 bits per heavy atom. The van der Waals surface area contributed by atoms with Crippen LogP contribution in [-0.4, -0.2) is 42.9 Å². The van der Waals surface area contributed by atoms with Crippen LogP contribution in [0.5, 0.6) is 0 Å². The summed E-state index contributed by atoms with van der Waals surface area (Å²) >= 11 is 2.94. The number of hydrogen-bond donors (Lipinski definition) is 2. The van der Waals surface area contributed by atoms with Crippen molar-refractivity contribution in [3.63, 3.8) is 0 Å². The summed E-state index contributed by atoms with van der Waals surface area (Å²) in [5.41, 5.74) is -1.37. The number of amides is 2. The lowest BCUT2D eigenvalue weighted by atomic mass is 9.93. The molecule has 0 radical (unpaired) electrons. The molecule has 12 heteroatoms. The Morgan fingerprint density at radius 1 is 1.42 bits per heavy atom. The highest BCUT2D eigenvalue weighted by atomic mass is 79.9. The van der Waals surface area contributed by atoms with Crippen molar-refractivity contribution in [2.24, 2.45) is 0 Å². The quantitative estimate of drug-likeness (QED) is 0.617. The van der Waals surface area contributed by atoms with Crippen molar-refractivity contribution in [3.8, 4) is 6.07 Å². The van der Waals surface area contributed by atoms with Gasteiger partial charge in [-0.25, -0.2) is 14.2 Å². The van der Waals surface area contributed by atoms with E-state index >= 15 is 0 Å². The van der Waals surface area contributed by atoms with Crippen LogP contribution < -0.4 is 5.32 Å². The summed E-state index contributed by atoms with van der Waals surface area (Å²) in [4.78, 5) is 17.7. The lowest BCUT2D eigenvalue weighted by molar-refractivity contribution is -0.0394. The molecule has 0 saturated carbocycles. The van der Waals surface area contributed by atoms with Gasteiger partial charge in [0.25, 0.3) is 5.92 Å². The van der Waals surface area contributed by atoms with Gasteiger partial charge >= 0.3 is 6.03 Å². The van der Waals surface area contributed by atoms with Gasteiger partial charge in [-0.15, -0.1) is 0 Å². The number of hydrogen-bond acceptors (Lipinski definition) is 5. The first-order chi connectivity index (χ1) is 14.6. The van der Waals surface area contributed by atoms with Crippen LogP contribution in [-0.2, 0) is 25.4 Å². The molecule has 0 bridgehead atoms. The van der Waals surface area contributed by atoms with Crippen LogP contribution in [0.15, 0.2) is 16.9 Å². The number of nitriles is 1. The van der Waals surface area contributed by atoms with Crippen molar-refractivity contribution < 1.29 is 23.1 Å². The molecule has 2 amide bonds. The summed E-state index contributed by atoms with van der Waals surface area (Å²) in [5, 5.41) is 26.3. The van der Waals surface area contributed by atoms with Crippen molar-refractivity contribution in [1.82, 2.24) is 19.7 Å². The summed E-state index contributed by atoms with van der Waals surface area (Å²) < 4.78 is 45.1. The molecule has 2 aliphatic rings. The second kappa shape index (κ2) is 7.80. The maximum Gasteiger partial charge on any atom is 0.322 e. The predicted molar refractivity (Wildman–Crippen MR) is 106 cm³/mol. The standard InChI is InChI=1S/C19H18BrF3N6O2/c20-16-14(21)13(1-7-25-16)26-17(30)28-8-2-12-11(9-28)15-19(22,23)4-3-18(31,5-6-24)10-29(15)27-12/h1,7,31H,2-5,8-10H2,(H,25,26,30)/t18-/m1/s1. The molecule has 31 heavy (non-hydrogen) atoms. The number of carbonyl (C=O) groups excluding carboxylic acids is 1. The van der Waals surface area contributed by atoms with Crippen molar-refractivity contribution >= 4 is 27.6 Å². The molecule has 2 aromatic rings. The number of nitrogens with zero attached hydrogens (tertiary/aromatic N) is 5. The van der Waals surface area contributed by atoms with E-state index in [1.165, 1.54) is 17.2 Å². The summed E-state index contributed by atoms with van der Waals surface area (Å²) in [6.45, 7) is -0.144. The number of nitrogens with one attached hydrogen (secondary N) is 1. The molecule has 2 aromatic heterocycles. The van der Waals surface area contributed by atoms with Crippen LogP contribution >= 0.6 is 15.9 Å². The van der Waals surface area contributed by atoms with Crippen molar-refractivity contribution in [2.75, 3.05) is 11.9 Å². The predicted octanol–water partition coefficient (Wildman–Crippen LogP) is 3.30. The molecule has 0 unspecified atom stereocenters. The molecule has 0 fully saturated rings. The number of rotatable bonds is 2. The molecule has 1 atom stereocenters. The number of halogens is 4. The van der Waals surface area contributed by atoms with E-state index in [4.69, 9.17) is 5.26 Å². The third-order valence-corrected chi connectivity index (χ3v) is 6.13. The average molecular weight is 499 g/mol. The highest BCUT2D eigenvalue weighted by molar-refractivity contribution is 9.10. The average Bonchev–Trinajstić information content (AvgIpc) is 3.03. The Hall–Kier alpha value is -2.65. The summed E-state index contributed by atoms with van der Waals surface area (Å²) in [6, 6.07) is 2.50. The molecule has 2 aliphatic heterocycles. The number of carbonyl (C=O) groups is 1. The fourth-order valence-electron chi connectivity index (χ4n) is 3.99. The fourth-order valence-corrected chi connectivity index (χ4v) is 4.32. The minimum Gasteiger partial charge on any atom is -0.387 e. The van der Waals surface area contributed by atoms with Gasteiger partial charge in [0.1, 0.15) is 10.3 Å². The molecule has 0 aromatic carbocycles. The number of fused-ring (bicyclic) bond motifs is 3. The topological polar surface area (TPSA) is 107 Å². The van der Waals surface area contributed by atoms with Gasteiger partial charge in [0.05, 0.1) is 42.6 Å². The van der Waals surface area contributed by atoms with E-state index in [1.807, 2.05) is 6.07 Å². The number of anilines is 1. The third-order valence-electron chi connectivity index (χ3n) is 5.58. The Kier molecular flexibility index (Phi) is 5.43. The van der Waals surface area contributed by atoms with Gasteiger partial charge in [0.15, 0.2) is 5.82 Å². The van der Waals surface area contributed by atoms with Gasteiger partial charge in [-0.2, -0.15) is 19.1 Å². The van der Waals surface area contributed by atoms with Crippen LogP contribution in [0, 0.1) is 17.1 Å². The van der Waals surface area contributed by atoms with Gasteiger partial charge in [-0.1, -0.05) is 0 Å². The zero-order valence-electron chi connectivity index (χ0n) is 16.2. The minimum absolute atomic E-state index is 0.0577. The number of aliphatic hydroxyl groups is 1. The molecule has 0 spiro atoms. The Bertz CT molecular complexity index is 1090. The van der Waals surface area contributed by atoms with E-state index in [1.54, 1.807) is 0 Å². The monoisotopic (exact) mass is 498 g/mol. The van der Waals surface area contributed by atoms with Crippen LogP contribution in [0.2, 0.25) is 0 Å². The maximum absolute atomic E-state index is 15.0. The van der Waals surface area contributed by atoms with E-state index in [2.05, 4.69) is 31.3 Å². The van der Waals surface area contributed by atoms with E-state index in [0.29, 0.717) is 5.69 Å². The van der Waals surface area contributed by atoms with Crippen LogP contribution in [0.4, 0.5) is 23.7 Å². The zero-order chi connectivity index (χ0) is 22.4. The molecule has 0 aliphatic carbocycles. The first kappa shape index (κ1) is 21.6. The summed E-state index contributed by atoms with van der Waals surface area (Å²) in [7, 11) is 0. The van der Waals surface area contributed by atoms with E-state index in [-0.39, 0.29) is 60.4 Å². The minimum atomic E-state index is -3.28. The van der Waals surface area contributed by atoms with E-state index in [0.717, 1.165) is 4.68 Å². The lowest BCUT2D eigenvalue weighted by Crippen LogP contribution is -2.39.